The summed E-state index contributed by atoms with van der Waals surface area (Å²) < 4.78 is 5.81. The van der Waals surface area contributed by atoms with Gasteiger partial charge in [-0.25, -0.2) is 0 Å². The number of hydrogen-bond acceptors (Lipinski definition) is 5. The van der Waals surface area contributed by atoms with Gasteiger partial charge in [-0.1, -0.05) is 55.5 Å². The molecule has 2 amide bonds. The first-order valence-electron chi connectivity index (χ1n) is 12.4. The van der Waals surface area contributed by atoms with Crippen molar-refractivity contribution in [3.63, 3.8) is 0 Å². The summed E-state index contributed by atoms with van der Waals surface area (Å²) in [5.74, 6) is -0.254. The van der Waals surface area contributed by atoms with E-state index in [1.165, 1.54) is 5.56 Å². The molecule has 1 aliphatic rings. The molecule has 1 aliphatic heterocycles. The van der Waals surface area contributed by atoms with Crippen LogP contribution in [-0.4, -0.2) is 54.3 Å². The zero-order valence-electron chi connectivity index (χ0n) is 20.8. The van der Waals surface area contributed by atoms with Crippen molar-refractivity contribution in [2.24, 2.45) is 5.73 Å². The van der Waals surface area contributed by atoms with Crippen molar-refractivity contribution < 1.29 is 14.3 Å². The number of carbonyl (C=O) groups excluding carboxylic acids is 2. The van der Waals surface area contributed by atoms with Crippen LogP contribution in [0.2, 0.25) is 0 Å². The molecule has 7 heteroatoms. The summed E-state index contributed by atoms with van der Waals surface area (Å²) in [7, 11) is 0. The van der Waals surface area contributed by atoms with Gasteiger partial charge in [-0.05, 0) is 47.5 Å². The molecule has 1 fully saturated rings. The zero-order valence-corrected chi connectivity index (χ0v) is 20.8. The van der Waals surface area contributed by atoms with Gasteiger partial charge in [0, 0.05) is 44.8 Å². The van der Waals surface area contributed by atoms with Crippen LogP contribution in [0.3, 0.4) is 0 Å². The topological polar surface area (TPSA) is 87.9 Å². The molecule has 0 unspecified atom stereocenters. The Morgan fingerprint density at radius 1 is 0.889 bits per heavy atom. The van der Waals surface area contributed by atoms with Gasteiger partial charge in [-0.15, -0.1) is 0 Å². The highest BCUT2D eigenvalue weighted by Crippen LogP contribution is 2.19. The lowest BCUT2D eigenvalue weighted by Crippen LogP contribution is -2.45. The van der Waals surface area contributed by atoms with E-state index in [-0.39, 0.29) is 12.5 Å². The summed E-state index contributed by atoms with van der Waals surface area (Å²) in [6.07, 6.45) is 0. The van der Waals surface area contributed by atoms with Crippen molar-refractivity contribution in [3.05, 3.63) is 101 Å². The van der Waals surface area contributed by atoms with E-state index < -0.39 is 5.91 Å². The fourth-order valence-electron chi connectivity index (χ4n) is 4.43. The number of nitrogens with zero attached hydrogens (tertiary/aromatic N) is 2. The van der Waals surface area contributed by atoms with Crippen molar-refractivity contribution in [1.82, 2.24) is 15.1 Å². The van der Waals surface area contributed by atoms with Crippen LogP contribution in [0.15, 0.2) is 72.8 Å². The first-order chi connectivity index (χ1) is 17.5. The summed E-state index contributed by atoms with van der Waals surface area (Å²) in [5, 5.41) is 3.07. The third-order valence-electron chi connectivity index (χ3n) is 6.60. The number of carbonyl (C=O) groups is 2. The number of piperazine rings is 1. The molecule has 36 heavy (non-hydrogen) atoms. The molecule has 0 bridgehead atoms. The quantitative estimate of drug-likeness (QED) is 0.458. The van der Waals surface area contributed by atoms with Crippen molar-refractivity contribution in [3.8, 4) is 5.75 Å². The number of nitrogens with two attached hydrogens (primary N) is 1. The highest BCUT2D eigenvalue weighted by molar-refractivity contribution is 5.95. The largest absolute Gasteiger partial charge is 0.488 e. The molecule has 0 aromatic heterocycles. The summed E-state index contributed by atoms with van der Waals surface area (Å²) in [6.45, 7) is 9.22. The smallest absolute Gasteiger partial charge is 0.252 e. The molecule has 4 rings (SSSR count). The van der Waals surface area contributed by atoms with Gasteiger partial charge in [-0.2, -0.15) is 0 Å². The lowest BCUT2D eigenvalue weighted by atomic mass is 10.1. The molecule has 0 saturated carbocycles. The maximum Gasteiger partial charge on any atom is 0.252 e. The predicted octanol–water partition coefficient (Wildman–Crippen LogP) is 3.43. The van der Waals surface area contributed by atoms with Crippen molar-refractivity contribution in [2.75, 3.05) is 32.7 Å². The van der Waals surface area contributed by atoms with E-state index in [2.05, 4.69) is 40.2 Å². The minimum atomic E-state index is -0.540. The summed E-state index contributed by atoms with van der Waals surface area (Å²) >= 11 is 0. The summed E-state index contributed by atoms with van der Waals surface area (Å²) in [4.78, 5) is 29.5. The molecule has 0 aliphatic carbocycles. The first kappa shape index (κ1) is 25.4. The van der Waals surface area contributed by atoms with E-state index in [0.29, 0.717) is 23.4 Å². The minimum Gasteiger partial charge on any atom is -0.488 e. The second kappa shape index (κ2) is 12.3. The average Bonchev–Trinajstić information content (AvgIpc) is 2.92. The number of ether oxygens (including phenoxy) is 1. The number of amides is 2. The second-order valence-corrected chi connectivity index (χ2v) is 9.01. The van der Waals surface area contributed by atoms with Crippen LogP contribution in [-0.2, 0) is 19.7 Å². The Morgan fingerprint density at radius 3 is 2.33 bits per heavy atom. The number of hydrogen-bond donors (Lipinski definition) is 2. The van der Waals surface area contributed by atoms with Crippen LogP contribution >= 0.6 is 0 Å². The minimum absolute atomic E-state index is 0.138. The Morgan fingerprint density at radius 2 is 1.58 bits per heavy atom. The predicted molar refractivity (Wildman–Crippen MR) is 141 cm³/mol. The highest BCUT2D eigenvalue weighted by Gasteiger charge is 2.17. The van der Waals surface area contributed by atoms with Crippen LogP contribution in [0.5, 0.6) is 5.75 Å². The van der Waals surface area contributed by atoms with E-state index in [9.17, 15) is 9.59 Å². The molecule has 1 saturated heterocycles. The van der Waals surface area contributed by atoms with Crippen LogP contribution in [0.1, 0.15) is 44.3 Å². The first-order valence-corrected chi connectivity index (χ1v) is 12.4. The second-order valence-electron chi connectivity index (χ2n) is 9.01. The molecule has 188 valence electrons. The molecule has 3 N–H and O–H groups in total. The standard InChI is InChI=1S/C29H34N4O3/c1-2-32-14-16-33(17-15-32)20-25-10-4-3-9-24(25)19-31-29(35)23-11-7-8-22(18-23)21-36-27-13-6-5-12-26(27)28(30)34/h3-13,18H,2,14-17,19-21H2,1H3,(H2,30,34)(H,31,35). The van der Waals surface area contributed by atoms with Crippen LogP contribution in [0.4, 0.5) is 0 Å². The van der Waals surface area contributed by atoms with Gasteiger partial charge in [0.2, 0.25) is 0 Å². The van der Waals surface area contributed by atoms with Gasteiger partial charge in [0.1, 0.15) is 12.4 Å². The molecule has 1 heterocycles. The van der Waals surface area contributed by atoms with Gasteiger partial charge in [-0.3, -0.25) is 14.5 Å². The molecule has 3 aromatic carbocycles. The molecule has 0 radical (unpaired) electrons. The number of para-hydroxylation sites is 1. The lowest BCUT2D eigenvalue weighted by molar-refractivity contribution is 0.0949. The zero-order chi connectivity index (χ0) is 25.3. The van der Waals surface area contributed by atoms with Gasteiger partial charge in [0.05, 0.1) is 5.56 Å². The highest BCUT2D eigenvalue weighted by atomic mass is 16.5. The Labute approximate surface area is 212 Å². The van der Waals surface area contributed by atoms with Crippen LogP contribution < -0.4 is 15.8 Å². The Kier molecular flexibility index (Phi) is 8.71. The summed E-state index contributed by atoms with van der Waals surface area (Å²) in [6, 6.07) is 22.5. The van der Waals surface area contributed by atoms with E-state index in [1.807, 2.05) is 18.2 Å². The summed E-state index contributed by atoms with van der Waals surface area (Å²) in [5.41, 5.74) is 9.53. The SMILES string of the molecule is CCN1CCN(Cc2ccccc2CNC(=O)c2cccc(COc3ccccc3C(N)=O)c2)CC1. The molecule has 0 atom stereocenters. The van der Waals surface area contributed by atoms with Gasteiger partial charge >= 0.3 is 0 Å². The Bertz CT molecular complexity index is 1190. The van der Waals surface area contributed by atoms with Gasteiger partial charge in [0.15, 0.2) is 0 Å². The van der Waals surface area contributed by atoms with Crippen molar-refractivity contribution in [1.29, 1.82) is 0 Å². The molecule has 7 nitrogen and oxygen atoms in total. The number of likely N-dealkylation sites (N-methyl/N-ethyl adjacent to an activating group) is 1. The third kappa shape index (κ3) is 6.71. The van der Waals surface area contributed by atoms with Crippen LogP contribution in [0, 0.1) is 0 Å². The number of benzene rings is 3. The Balaban J connectivity index is 1.34. The molecular weight excluding hydrogens is 452 g/mol. The van der Waals surface area contributed by atoms with E-state index in [0.717, 1.165) is 50.4 Å². The number of primary amides is 1. The molecular formula is C29H34N4O3. The number of nitrogens with one attached hydrogen (secondary N) is 1. The van der Waals surface area contributed by atoms with E-state index >= 15 is 0 Å². The maximum atomic E-state index is 12.9. The average molecular weight is 487 g/mol. The normalized spacial score (nSPS) is 14.4. The van der Waals surface area contributed by atoms with Crippen LogP contribution in [0.25, 0.3) is 0 Å². The fraction of sp³-hybridized carbons (Fsp3) is 0.310. The lowest BCUT2D eigenvalue weighted by Gasteiger charge is -2.34. The van der Waals surface area contributed by atoms with E-state index in [1.54, 1.807) is 36.4 Å². The van der Waals surface area contributed by atoms with Crippen molar-refractivity contribution >= 4 is 11.8 Å². The van der Waals surface area contributed by atoms with Gasteiger partial charge < -0.3 is 20.7 Å². The molecule has 3 aromatic rings. The van der Waals surface area contributed by atoms with E-state index in [4.69, 9.17) is 10.5 Å². The monoisotopic (exact) mass is 486 g/mol. The maximum absolute atomic E-state index is 12.9. The Hall–Kier alpha value is -3.68. The van der Waals surface area contributed by atoms with Gasteiger partial charge in [0.25, 0.3) is 11.8 Å². The third-order valence-corrected chi connectivity index (χ3v) is 6.60. The fourth-order valence-corrected chi connectivity index (χ4v) is 4.43. The van der Waals surface area contributed by atoms with Crippen molar-refractivity contribution in [2.45, 2.75) is 26.6 Å². The number of rotatable bonds is 10. The molecule has 0 spiro atoms.